The molecular formula is C25H26N4O3. The number of carbonyl (C=O) groups is 1. The Morgan fingerprint density at radius 1 is 0.938 bits per heavy atom. The molecule has 164 valence electrons. The first kappa shape index (κ1) is 21.4. The third kappa shape index (κ3) is 3.56. The number of anilines is 1. The van der Waals surface area contributed by atoms with Crippen LogP contribution in [0, 0.1) is 27.7 Å². The zero-order chi connectivity index (χ0) is 23.2. The van der Waals surface area contributed by atoms with Crippen LogP contribution in [0.5, 0.6) is 0 Å². The van der Waals surface area contributed by atoms with Gasteiger partial charge in [-0.05, 0) is 62.6 Å². The van der Waals surface area contributed by atoms with Gasteiger partial charge in [-0.15, -0.1) is 0 Å². The molecule has 0 unspecified atom stereocenters. The van der Waals surface area contributed by atoms with Gasteiger partial charge in [0.1, 0.15) is 12.1 Å². The molecule has 2 heterocycles. The number of hydrogen-bond acceptors (Lipinski definition) is 3. The molecule has 4 aromatic rings. The number of amides is 1. The zero-order valence-corrected chi connectivity index (χ0v) is 18.9. The Balaban J connectivity index is 1.89. The summed E-state index contributed by atoms with van der Waals surface area (Å²) in [7, 11) is 1.78. The molecule has 0 fully saturated rings. The van der Waals surface area contributed by atoms with Gasteiger partial charge in [0, 0.05) is 18.4 Å². The maximum absolute atomic E-state index is 13.5. The lowest BCUT2D eigenvalue weighted by molar-refractivity contribution is -0.116. The molecule has 4 rings (SSSR count). The first-order valence-electron chi connectivity index (χ1n) is 10.4. The van der Waals surface area contributed by atoms with Crippen molar-refractivity contribution in [2.75, 3.05) is 5.32 Å². The summed E-state index contributed by atoms with van der Waals surface area (Å²) in [6, 6.07) is 14.7. The quantitative estimate of drug-likeness (QED) is 0.539. The lowest BCUT2D eigenvalue weighted by Gasteiger charge is -2.15. The Bertz CT molecular complexity index is 1470. The minimum Gasteiger partial charge on any atom is -0.342 e. The van der Waals surface area contributed by atoms with Crippen LogP contribution in [0.1, 0.15) is 22.4 Å². The van der Waals surface area contributed by atoms with E-state index >= 15 is 0 Å². The minimum absolute atomic E-state index is 0.210. The molecular weight excluding hydrogens is 404 g/mol. The van der Waals surface area contributed by atoms with Crippen LogP contribution in [0.15, 0.2) is 58.1 Å². The van der Waals surface area contributed by atoms with Crippen LogP contribution in [0.25, 0.3) is 16.7 Å². The van der Waals surface area contributed by atoms with Crippen LogP contribution in [0.4, 0.5) is 5.69 Å². The second kappa shape index (κ2) is 8.00. The van der Waals surface area contributed by atoms with Crippen molar-refractivity contribution in [1.82, 2.24) is 13.7 Å². The van der Waals surface area contributed by atoms with Crippen LogP contribution in [-0.4, -0.2) is 19.6 Å². The Kier molecular flexibility index (Phi) is 5.34. The number of aryl methyl sites for hydroxylation is 5. The fourth-order valence-electron chi connectivity index (χ4n) is 4.07. The molecule has 0 aliphatic rings. The molecule has 7 nitrogen and oxygen atoms in total. The number of rotatable bonds is 4. The third-order valence-electron chi connectivity index (χ3n) is 5.88. The molecule has 1 N–H and O–H groups in total. The van der Waals surface area contributed by atoms with Gasteiger partial charge in [-0.3, -0.25) is 14.2 Å². The highest BCUT2D eigenvalue weighted by molar-refractivity contribution is 5.93. The highest BCUT2D eigenvalue weighted by Gasteiger charge is 2.20. The van der Waals surface area contributed by atoms with E-state index in [2.05, 4.69) is 5.32 Å². The van der Waals surface area contributed by atoms with E-state index in [1.54, 1.807) is 35.9 Å². The molecule has 0 atom stereocenters. The molecule has 0 bridgehead atoms. The Morgan fingerprint density at radius 2 is 1.59 bits per heavy atom. The summed E-state index contributed by atoms with van der Waals surface area (Å²) in [5, 5.41) is 2.93. The van der Waals surface area contributed by atoms with Crippen LogP contribution in [0.2, 0.25) is 0 Å². The maximum Gasteiger partial charge on any atom is 0.336 e. The highest BCUT2D eigenvalue weighted by atomic mass is 16.2. The smallest absolute Gasteiger partial charge is 0.336 e. The van der Waals surface area contributed by atoms with Crippen molar-refractivity contribution >= 4 is 22.6 Å². The number of aromatic nitrogens is 3. The normalized spacial score (nSPS) is 11.2. The average Bonchev–Trinajstić information content (AvgIpc) is 3.03. The van der Waals surface area contributed by atoms with Gasteiger partial charge in [-0.2, -0.15) is 0 Å². The molecule has 0 saturated heterocycles. The van der Waals surface area contributed by atoms with E-state index < -0.39 is 11.2 Å². The van der Waals surface area contributed by atoms with Gasteiger partial charge in [-0.25, -0.2) is 9.36 Å². The first-order valence-corrected chi connectivity index (χ1v) is 10.4. The Labute approximate surface area is 185 Å². The van der Waals surface area contributed by atoms with E-state index in [1.165, 1.54) is 4.57 Å². The van der Waals surface area contributed by atoms with Gasteiger partial charge >= 0.3 is 5.69 Å². The minimum atomic E-state index is -0.546. The predicted molar refractivity (Wildman–Crippen MR) is 127 cm³/mol. The number of carbonyl (C=O) groups excluding carboxylic acids is 1. The summed E-state index contributed by atoms with van der Waals surface area (Å²) in [6.07, 6.45) is 0. The van der Waals surface area contributed by atoms with Crippen LogP contribution < -0.4 is 16.6 Å². The standard InChI is InChI=1S/C25H26N4O3/c1-15-8-6-11-19(12-15)29-24(31)23-20(13-18(4)27(23)5)28(25(29)32)14-21(30)26-22-16(2)9-7-10-17(22)3/h6-13H,14H2,1-5H3,(H,26,30). The third-order valence-corrected chi connectivity index (χ3v) is 5.88. The number of nitrogens with one attached hydrogen (secondary N) is 1. The summed E-state index contributed by atoms with van der Waals surface area (Å²) in [4.78, 5) is 39.8. The van der Waals surface area contributed by atoms with Crippen molar-refractivity contribution in [2.45, 2.75) is 34.2 Å². The van der Waals surface area contributed by atoms with Gasteiger partial charge in [0.25, 0.3) is 5.56 Å². The van der Waals surface area contributed by atoms with E-state index in [4.69, 9.17) is 0 Å². The Hall–Kier alpha value is -3.87. The topological polar surface area (TPSA) is 78.0 Å². The summed E-state index contributed by atoms with van der Waals surface area (Å²) in [6.45, 7) is 7.40. The zero-order valence-electron chi connectivity index (χ0n) is 18.9. The number of hydrogen-bond donors (Lipinski definition) is 1. The van der Waals surface area contributed by atoms with E-state index in [1.807, 2.05) is 52.0 Å². The van der Waals surface area contributed by atoms with Gasteiger partial charge in [0.2, 0.25) is 5.91 Å². The summed E-state index contributed by atoms with van der Waals surface area (Å²) < 4.78 is 4.26. The van der Waals surface area contributed by atoms with Crippen molar-refractivity contribution in [3.8, 4) is 5.69 Å². The molecule has 7 heteroatoms. The summed E-state index contributed by atoms with van der Waals surface area (Å²) >= 11 is 0. The van der Waals surface area contributed by atoms with Crippen molar-refractivity contribution in [2.24, 2.45) is 7.05 Å². The van der Waals surface area contributed by atoms with Crippen molar-refractivity contribution in [1.29, 1.82) is 0 Å². The van der Waals surface area contributed by atoms with Crippen LogP contribution >= 0.6 is 0 Å². The second-order valence-electron chi connectivity index (χ2n) is 8.24. The fraction of sp³-hybridized carbons (Fsp3) is 0.240. The molecule has 2 aromatic heterocycles. The number of nitrogens with zero attached hydrogens (tertiary/aromatic N) is 3. The molecule has 0 saturated carbocycles. The number of benzene rings is 2. The predicted octanol–water partition coefficient (Wildman–Crippen LogP) is 3.36. The second-order valence-corrected chi connectivity index (χ2v) is 8.24. The number of fused-ring (bicyclic) bond motifs is 1. The van der Waals surface area contributed by atoms with E-state index in [9.17, 15) is 14.4 Å². The van der Waals surface area contributed by atoms with E-state index in [0.717, 1.165) is 32.6 Å². The molecule has 2 aromatic carbocycles. The summed E-state index contributed by atoms with van der Waals surface area (Å²) in [5.74, 6) is -0.332. The van der Waals surface area contributed by atoms with Crippen molar-refractivity contribution < 1.29 is 4.79 Å². The van der Waals surface area contributed by atoms with Crippen molar-refractivity contribution in [3.63, 3.8) is 0 Å². The van der Waals surface area contributed by atoms with E-state index in [-0.39, 0.29) is 12.5 Å². The lowest BCUT2D eigenvalue weighted by Crippen LogP contribution is -2.41. The van der Waals surface area contributed by atoms with Gasteiger partial charge in [-0.1, -0.05) is 30.3 Å². The fourth-order valence-corrected chi connectivity index (χ4v) is 4.07. The van der Waals surface area contributed by atoms with Gasteiger partial charge < -0.3 is 9.88 Å². The molecule has 1 amide bonds. The van der Waals surface area contributed by atoms with Crippen LogP contribution in [0.3, 0.4) is 0 Å². The lowest BCUT2D eigenvalue weighted by atomic mass is 10.1. The Morgan fingerprint density at radius 3 is 2.25 bits per heavy atom. The number of para-hydroxylation sites is 1. The molecule has 0 spiro atoms. The van der Waals surface area contributed by atoms with E-state index in [0.29, 0.717) is 16.7 Å². The largest absolute Gasteiger partial charge is 0.342 e. The van der Waals surface area contributed by atoms with Crippen molar-refractivity contribution in [3.05, 3.63) is 91.8 Å². The SMILES string of the molecule is Cc1cccc(-n2c(=O)c3c(cc(C)n3C)n(CC(=O)Nc3c(C)cccc3C)c2=O)c1. The monoisotopic (exact) mass is 430 g/mol. The first-order chi connectivity index (χ1) is 15.2. The highest BCUT2D eigenvalue weighted by Crippen LogP contribution is 2.20. The van der Waals surface area contributed by atoms with Gasteiger partial charge in [0.15, 0.2) is 0 Å². The molecule has 0 aliphatic heterocycles. The van der Waals surface area contributed by atoms with Crippen LogP contribution in [-0.2, 0) is 18.4 Å². The molecule has 0 radical (unpaired) electrons. The summed E-state index contributed by atoms with van der Waals surface area (Å²) in [5.41, 5.74) is 4.71. The maximum atomic E-state index is 13.5. The molecule has 32 heavy (non-hydrogen) atoms. The van der Waals surface area contributed by atoms with Gasteiger partial charge in [0.05, 0.1) is 11.2 Å². The average molecular weight is 431 g/mol. The molecule has 0 aliphatic carbocycles.